The van der Waals surface area contributed by atoms with E-state index in [-0.39, 0.29) is 0 Å². The number of pyridine rings is 1. The van der Waals surface area contributed by atoms with Crippen molar-refractivity contribution in [2.75, 3.05) is 6.54 Å². The lowest BCUT2D eigenvalue weighted by Crippen LogP contribution is -2.25. The largest absolute Gasteiger partial charge is 0.313 e. The molecule has 1 N–H and O–H groups in total. The van der Waals surface area contributed by atoms with Gasteiger partial charge >= 0.3 is 0 Å². The van der Waals surface area contributed by atoms with Crippen LogP contribution in [0.15, 0.2) is 42.7 Å². The first-order chi connectivity index (χ1) is 10.2. The summed E-state index contributed by atoms with van der Waals surface area (Å²) in [6.45, 7) is 3.20. The van der Waals surface area contributed by atoms with Crippen molar-refractivity contribution in [3.05, 3.63) is 64.4 Å². The normalized spacial score (nSPS) is 15.9. The summed E-state index contributed by atoms with van der Waals surface area (Å²) in [5.74, 6) is 0.451. The number of nitrogens with one attached hydrogen (secondary N) is 1. The smallest absolute Gasteiger partial charge is 0.0621 e. The van der Waals surface area contributed by atoms with E-state index in [1.165, 1.54) is 29.5 Å². The summed E-state index contributed by atoms with van der Waals surface area (Å²) in [4.78, 5) is 4.08. The number of aryl methyl sites for hydroxylation is 1. The SMILES string of the molecule is Cc1ccccc1C(CNC1CC1)Cc1ccncc1Cl. The minimum atomic E-state index is 0.451. The van der Waals surface area contributed by atoms with Gasteiger partial charge in [0.2, 0.25) is 0 Å². The van der Waals surface area contributed by atoms with Crippen molar-refractivity contribution < 1.29 is 0 Å². The molecule has 2 nitrogen and oxygen atoms in total. The van der Waals surface area contributed by atoms with E-state index in [2.05, 4.69) is 41.5 Å². The highest BCUT2D eigenvalue weighted by Gasteiger charge is 2.23. The Morgan fingerprint density at radius 3 is 2.81 bits per heavy atom. The Hall–Kier alpha value is -1.38. The molecule has 1 unspecified atom stereocenters. The van der Waals surface area contributed by atoms with Gasteiger partial charge in [-0.05, 0) is 48.9 Å². The average Bonchev–Trinajstić information content (AvgIpc) is 3.30. The number of aromatic nitrogens is 1. The lowest BCUT2D eigenvalue weighted by molar-refractivity contribution is 0.575. The van der Waals surface area contributed by atoms with Crippen molar-refractivity contribution in [3.8, 4) is 0 Å². The first-order valence-electron chi connectivity index (χ1n) is 7.61. The third kappa shape index (κ3) is 3.84. The third-order valence-corrected chi connectivity index (χ3v) is 4.52. The van der Waals surface area contributed by atoms with Crippen LogP contribution in [0.25, 0.3) is 0 Å². The third-order valence-electron chi connectivity index (χ3n) is 4.18. The van der Waals surface area contributed by atoms with Gasteiger partial charge in [-0.25, -0.2) is 0 Å². The molecule has 3 rings (SSSR count). The Bertz CT molecular complexity index is 608. The number of hydrogen-bond donors (Lipinski definition) is 1. The van der Waals surface area contributed by atoms with Gasteiger partial charge in [-0.3, -0.25) is 4.98 Å². The highest BCUT2D eigenvalue weighted by Crippen LogP contribution is 2.28. The molecule has 110 valence electrons. The van der Waals surface area contributed by atoms with Crippen molar-refractivity contribution >= 4 is 11.6 Å². The average molecular weight is 301 g/mol. The maximum atomic E-state index is 6.29. The van der Waals surface area contributed by atoms with Crippen molar-refractivity contribution in [1.82, 2.24) is 10.3 Å². The molecule has 0 bridgehead atoms. The number of rotatable bonds is 6. The number of halogens is 1. The summed E-state index contributed by atoms with van der Waals surface area (Å²) < 4.78 is 0. The molecule has 3 heteroatoms. The highest BCUT2D eigenvalue weighted by atomic mass is 35.5. The fourth-order valence-electron chi connectivity index (χ4n) is 2.77. The van der Waals surface area contributed by atoms with Crippen LogP contribution in [-0.4, -0.2) is 17.6 Å². The van der Waals surface area contributed by atoms with E-state index in [1.807, 2.05) is 12.3 Å². The quantitative estimate of drug-likeness (QED) is 0.868. The summed E-state index contributed by atoms with van der Waals surface area (Å²) in [6.07, 6.45) is 7.14. The second kappa shape index (κ2) is 6.59. The van der Waals surface area contributed by atoms with Crippen LogP contribution in [0.1, 0.15) is 35.4 Å². The van der Waals surface area contributed by atoms with Gasteiger partial charge < -0.3 is 5.32 Å². The van der Waals surface area contributed by atoms with E-state index >= 15 is 0 Å². The van der Waals surface area contributed by atoms with Crippen LogP contribution in [0, 0.1) is 6.92 Å². The van der Waals surface area contributed by atoms with Gasteiger partial charge in [0.25, 0.3) is 0 Å². The van der Waals surface area contributed by atoms with Crippen LogP contribution in [0.3, 0.4) is 0 Å². The van der Waals surface area contributed by atoms with Gasteiger partial charge in [0.1, 0.15) is 0 Å². The molecule has 1 aliphatic carbocycles. The predicted molar refractivity (Wildman–Crippen MR) is 87.9 cm³/mol. The molecule has 0 spiro atoms. The first kappa shape index (κ1) is 14.6. The van der Waals surface area contributed by atoms with Gasteiger partial charge in [-0.2, -0.15) is 0 Å². The molecule has 2 aromatic rings. The van der Waals surface area contributed by atoms with Crippen LogP contribution in [0.4, 0.5) is 0 Å². The van der Waals surface area contributed by atoms with Crippen molar-refractivity contribution in [1.29, 1.82) is 0 Å². The van der Waals surface area contributed by atoms with E-state index in [4.69, 9.17) is 11.6 Å². The maximum absolute atomic E-state index is 6.29. The van der Waals surface area contributed by atoms with Gasteiger partial charge in [0, 0.05) is 30.9 Å². The standard InChI is InChI=1S/C18H21ClN2/c1-13-4-2-3-5-17(13)15(11-21-16-6-7-16)10-14-8-9-20-12-18(14)19/h2-5,8-9,12,15-16,21H,6-7,10-11H2,1H3. The van der Waals surface area contributed by atoms with Crippen LogP contribution in [0.5, 0.6) is 0 Å². The number of hydrogen-bond acceptors (Lipinski definition) is 2. The minimum absolute atomic E-state index is 0.451. The molecule has 0 amide bonds. The molecule has 1 fully saturated rings. The molecule has 0 aliphatic heterocycles. The Kier molecular flexibility index (Phi) is 4.57. The zero-order valence-electron chi connectivity index (χ0n) is 12.3. The summed E-state index contributed by atoms with van der Waals surface area (Å²) in [5, 5.41) is 4.43. The summed E-state index contributed by atoms with van der Waals surface area (Å²) in [6, 6.07) is 11.4. The zero-order valence-corrected chi connectivity index (χ0v) is 13.1. The molecule has 0 saturated heterocycles. The van der Waals surface area contributed by atoms with Crippen molar-refractivity contribution in [3.63, 3.8) is 0 Å². The van der Waals surface area contributed by atoms with E-state index < -0.39 is 0 Å². The van der Waals surface area contributed by atoms with E-state index in [0.29, 0.717) is 5.92 Å². The topological polar surface area (TPSA) is 24.9 Å². The van der Waals surface area contributed by atoms with E-state index in [1.54, 1.807) is 6.20 Å². The van der Waals surface area contributed by atoms with Crippen LogP contribution in [0.2, 0.25) is 5.02 Å². The van der Waals surface area contributed by atoms with E-state index in [9.17, 15) is 0 Å². The molecule has 1 aromatic carbocycles. The van der Waals surface area contributed by atoms with Gasteiger partial charge in [-0.1, -0.05) is 35.9 Å². The number of nitrogens with zero attached hydrogens (tertiary/aromatic N) is 1. The lowest BCUT2D eigenvalue weighted by Gasteiger charge is -2.21. The van der Waals surface area contributed by atoms with E-state index in [0.717, 1.165) is 24.0 Å². The molecule has 1 atom stereocenters. The van der Waals surface area contributed by atoms with Gasteiger partial charge in [-0.15, -0.1) is 0 Å². The fraction of sp³-hybridized carbons (Fsp3) is 0.389. The molecule has 1 aromatic heterocycles. The Morgan fingerprint density at radius 2 is 2.10 bits per heavy atom. The van der Waals surface area contributed by atoms with Gasteiger partial charge in [0.05, 0.1) is 5.02 Å². The summed E-state index contributed by atoms with van der Waals surface area (Å²) >= 11 is 6.29. The highest BCUT2D eigenvalue weighted by molar-refractivity contribution is 6.31. The predicted octanol–water partition coefficient (Wildman–Crippen LogP) is 4.12. The zero-order chi connectivity index (χ0) is 14.7. The molecule has 1 heterocycles. The Labute approximate surface area is 131 Å². The lowest BCUT2D eigenvalue weighted by atomic mass is 9.89. The second-order valence-corrected chi connectivity index (χ2v) is 6.31. The van der Waals surface area contributed by atoms with Crippen molar-refractivity contribution in [2.24, 2.45) is 0 Å². The molecule has 1 aliphatic rings. The monoisotopic (exact) mass is 300 g/mol. The fourth-order valence-corrected chi connectivity index (χ4v) is 2.96. The first-order valence-corrected chi connectivity index (χ1v) is 7.99. The molecular formula is C18H21ClN2. The number of benzene rings is 1. The maximum Gasteiger partial charge on any atom is 0.0621 e. The summed E-state index contributed by atoms with van der Waals surface area (Å²) in [5.41, 5.74) is 3.95. The molecular weight excluding hydrogens is 280 g/mol. The molecule has 1 saturated carbocycles. The van der Waals surface area contributed by atoms with Crippen LogP contribution >= 0.6 is 11.6 Å². The second-order valence-electron chi connectivity index (χ2n) is 5.91. The van der Waals surface area contributed by atoms with Crippen LogP contribution in [-0.2, 0) is 6.42 Å². The Balaban J connectivity index is 1.81. The molecule has 21 heavy (non-hydrogen) atoms. The Morgan fingerprint density at radius 1 is 1.29 bits per heavy atom. The van der Waals surface area contributed by atoms with Crippen molar-refractivity contribution in [2.45, 2.75) is 38.1 Å². The van der Waals surface area contributed by atoms with Gasteiger partial charge in [0.15, 0.2) is 0 Å². The molecule has 0 radical (unpaired) electrons. The summed E-state index contributed by atoms with van der Waals surface area (Å²) in [7, 11) is 0. The van der Waals surface area contributed by atoms with Crippen LogP contribution < -0.4 is 5.32 Å². The minimum Gasteiger partial charge on any atom is -0.313 e.